The van der Waals surface area contributed by atoms with E-state index in [-0.39, 0.29) is 24.5 Å². The van der Waals surface area contributed by atoms with Crippen LogP contribution in [0.25, 0.3) is 16.6 Å². The Balaban J connectivity index is 1.72. The number of ether oxygens (including phenoxy) is 1. The highest BCUT2D eigenvalue weighted by atomic mass is 19.3. The van der Waals surface area contributed by atoms with E-state index >= 15 is 0 Å². The van der Waals surface area contributed by atoms with Crippen LogP contribution in [-0.2, 0) is 4.79 Å². The lowest BCUT2D eigenvalue weighted by atomic mass is 9.95. The number of hydrogen-bond donors (Lipinski definition) is 2. The van der Waals surface area contributed by atoms with Gasteiger partial charge in [-0.25, -0.2) is 9.97 Å². The van der Waals surface area contributed by atoms with Crippen molar-refractivity contribution < 1.29 is 23.1 Å². The molecule has 0 aliphatic carbocycles. The first-order chi connectivity index (χ1) is 13.3. The van der Waals surface area contributed by atoms with Crippen LogP contribution in [-0.4, -0.2) is 44.8 Å². The third-order valence-electron chi connectivity index (χ3n) is 5.02. The highest BCUT2D eigenvalue weighted by Crippen LogP contribution is 2.36. The number of halogens is 2. The van der Waals surface area contributed by atoms with Crippen LogP contribution in [0.15, 0.2) is 30.7 Å². The van der Waals surface area contributed by atoms with Gasteiger partial charge in [0.25, 0.3) is 11.8 Å². The molecule has 28 heavy (non-hydrogen) atoms. The van der Waals surface area contributed by atoms with Gasteiger partial charge >= 0.3 is 5.92 Å². The highest BCUT2D eigenvalue weighted by Gasteiger charge is 2.56. The van der Waals surface area contributed by atoms with Crippen molar-refractivity contribution in [3.63, 3.8) is 0 Å². The van der Waals surface area contributed by atoms with Gasteiger partial charge in [0, 0.05) is 24.0 Å². The standard InChI is InChI=1S/C18H17F2N5O3/c1-2-11-12(24-17(27)18(11,19)20)8-28-16-13-9(3-4-23-16)7-10(14(21)26)15-22-5-6-25(13)15/h3-7,11-12H,2,8H2,1H3,(H2,21,26)(H,24,27)/t11-,12+/m0/s1. The lowest BCUT2D eigenvalue weighted by Gasteiger charge is -2.20. The van der Waals surface area contributed by atoms with E-state index in [1.54, 1.807) is 29.7 Å². The van der Waals surface area contributed by atoms with Crippen LogP contribution < -0.4 is 15.8 Å². The summed E-state index contributed by atoms with van der Waals surface area (Å²) in [5.74, 6) is -6.33. The molecule has 2 atom stereocenters. The van der Waals surface area contributed by atoms with E-state index in [1.165, 1.54) is 12.4 Å². The Morgan fingerprint density at radius 3 is 2.89 bits per heavy atom. The molecule has 0 unspecified atom stereocenters. The summed E-state index contributed by atoms with van der Waals surface area (Å²) in [5, 5.41) is 2.92. The van der Waals surface area contributed by atoms with E-state index in [9.17, 15) is 18.4 Å². The van der Waals surface area contributed by atoms with Gasteiger partial charge in [-0.3, -0.25) is 14.0 Å². The van der Waals surface area contributed by atoms with Crippen LogP contribution in [0.5, 0.6) is 5.88 Å². The van der Waals surface area contributed by atoms with E-state index in [2.05, 4.69) is 15.3 Å². The summed E-state index contributed by atoms with van der Waals surface area (Å²) in [6, 6.07) is 2.41. The number of primary amides is 1. The summed E-state index contributed by atoms with van der Waals surface area (Å²) < 4.78 is 35.3. The van der Waals surface area contributed by atoms with E-state index in [0.29, 0.717) is 16.6 Å². The number of pyridine rings is 2. The van der Waals surface area contributed by atoms with Crippen LogP contribution in [0.4, 0.5) is 8.78 Å². The molecule has 1 saturated heterocycles. The topological polar surface area (TPSA) is 112 Å². The molecule has 1 fully saturated rings. The van der Waals surface area contributed by atoms with Crippen LogP contribution in [0.2, 0.25) is 0 Å². The number of carbonyl (C=O) groups is 2. The Morgan fingerprint density at radius 2 is 2.18 bits per heavy atom. The Morgan fingerprint density at radius 1 is 1.39 bits per heavy atom. The number of imidazole rings is 1. The second-order valence-electron chi connectivity index (χ2n) is 6.63. The smallest absolute Gasteiger partial charge is 0.329 e. The van der Waals surface area contributed by atoms with Crippen LogP contribution in [0.1, 0.15) is 23.7 Å². The minimum Gasteiger partial charge on any atom is -0.474 e. The first kappa shape index (κ1) is 18.1. The molecular weight excluding hydrogens is 372 g/mol. The van der Waals surface area contributed by atoms with Gasteiger partial charge in [-0.1, -0.05) is 6.92 Å². The van der Waals surface area contributed by atoms with Crippen molar-refractivity contribution in [2.75, 3.05) is 6.61 Å². The quantitative estimate of drug-likeness (QED) is 0.687. The number of alkyl halides is 2. The molecule has 4 rings (SSSR count). The first-order valence-electron chi connectivity index (χ1n) is 8.70. The summed E-state index contributed by atoms with van der Waals surface area (Å²) in [5.41, 5.74) is 6.52. The Hall–Kier alpha value is -3.30. The van der Waals surface area contributed by atoms with Crippen molar-refractivity contribution in [1.29, 1.82) is 0 Å². The third-order valence-corrected chi connectivity index (χ3v) is 5.02. The van der Waals surface area contributed by atoms with Gasteiger partial charge in [0.1, 0.15) is 17.8 Å². The van der Waals surface area contributed by atoms with Crippen molar-refractivity contribution in [3.8, 4) is 5.88 Å². The molecule has 146 valence electrons. The summed E-state index contributed by atoms with van der Waals surface area (Å²) >= 11 is 0. The molecule has 0 aromatic carbocycles. The number of hydrogen-bond acceptors (Lipinski definition) is 5. The number of carbonyl (C=O) groups excluding carboxylic acids is 2. The SMILES string of the molecule is CC[C@H]1[C@@H](COc2nccc3cc(C(N)=O)c4nccn4c23)NC(=O)C1(F)F. The number of nitrogens with zero attached hydrogens (tertiary/aromatic N) is 3. The molecule has 0 spiro atoms. The molecular formula is C18H17F2N5O3. The normalized spacial score (nSPS) is 21.2. The Bertz CT molecular complexity index is 1100. The predicted molar refractivity (Wildman–Crippen MR) is 95.2 cm³/mol. The van der Waals surface area contributed by atoms with Crippen molar-refractivity contribution in [3.05, 3.63) is 36.3 Å². The molecule has 3 N–H and O–H groups in total. The van der Waals surface area contributed by atoms with E-state index in [4.69, 9.17) is 10.5 Å². The fourth-order valence-corrected chi connectivity index (χ4v) is 3.65. The van der Waals surface area contributed by atoms with Gasteiger partial charge in [-0.05, 0) is 18.6 Å². The number of rotatable bonds is 5. The van der Waals surface area contributed by atoms with Crippen molar-refractivity contribution in [2.24, 2.45) is 11.7 Å². The number of nitrogens with one attached hydrogen (secondary N) is 1. The van der Waals surface area contributed by atoms with Crippen LogP contribution in [0, 0.1) is 5.92 Å². The monoisotopic (exact) mass is 389 g/mol. The summed E-state index contributed by atoms with van der Waals surface area (Å²) in [7, 11) is 0. The predicted octanol–water partition coefficient (Wildman–Crippen LogP) is 1.52. The molecule has 8 nitrogen and oxygen atoms in total. The maximum absolute atomic E-state index is 14.0. The molecule has 1 aliphatic rings. The molecule has 0 radical (unpaired) electrons. The van der Waals surface area contributed by atoms with Gasteiger partial charge in [0.15, 0.2) is 0 Å². The first-order valence-corrected chi connectivity index (χ1v) is 8.70. The molecule has 2 amide bonds. The van der Waals surface area contributed by atoms with Crippen molar-refractivity contribution in [2.45, 2.75) is 25.3 Å². The molecule has 3 aromatic heterocycles. The minimum absolute atomic E-state index is 0.121. The summed E-state index contributed by atoms with van der Waals surface area (Å²) in [4.78, 5) is 31.6. The lowest BCUT2D eigenvalue weighted by molar-refractivity contribution is -0.144. The maximum atomic E-state index is 14.0. The largest absolute Gasteiger partial charge is 0.474 e. The molecule has 0 saturated carbocycles. The fraction of sp³-hybridized carbons (Fsp3) is 0.333. The number of nitrogens with two attached hydrogens (primary N) is 1. The average molecular weight is 389 g/mol. The number of aromatic nitrogens is 3. The maximum Gasteiger partial charge on any atom is 0.329 e. The van der Waals surface area contributed by atoms with Gasteiger partial charge in [-0.2, -0.15) is 8.78 Å². The second kappa shape index (κ2) is 6.39. The lowest BCUT2D eigenvalue weighted by Crippen LogP contribution is -2.35. The molecule has 1 aliphatic heterocycles. The van der Waals surface area contributed by atoms with Gasteiger partial charge < -0.3 is 15.8 Å². The Labute approximate surface area is 157 Å². The second-order valence-corrected chi connectivity index (χ2v) is 6.63. The van der Waals surface area contributed by atoms with Crippen LogP contribution >= 0.6 is 0 Å². The zero-order valence-electron chi connectivity index (χ0n) is 14.9. The fourth-order valence-electron chi connectivity index (χ4n) is 3.65. The minimum atomic E-state index is -3.43. The molecule has 4 heterocycles. The zero-order valence-corrected chi connectivity index (χ0v) is 14.9. The zero-order chi connectivity index (χ0) is 20.1. The molecule has 0 bridgehead atoms. The third kappa shape index (κ3) is 2.63. The molecule has 10 heteroatoms. The van der Waals surface area contributed by atoms with Crippen molar-refractivity contribution >= 4 is 28.4 Å². The van der Waals surface area contributed by atoms with E-state index < -0.39 is 29.7 Å². The number of fused-ring (bicyclic) bond motifs is 3. The summed E-state index contributed by atoms with van der Waals surface area (Å²) in [6.45, 7) is 1.43. The van der Waals surface area contributed by atoms with Crippen LogP contribution in [0.3, 0.4) is 0 Å². The number of amides is 2. The Kier molecular flexibility index (Phi) is 4.13. The van der Waals surface area contributed by atoms with Gasteiger partial charge in [0.2, 0.25) is 5.88 Å². The average Bonchev–Trinajstić information content (AvgIpc) is 3.22. The van der Waals surface area contributed by atoms with Gasteiger partial charge in [0.05, 0.1) is 17.5 Å². The van der Waals surface area contributed by atoms with E-state index in [0.717, 1.165) is 0 Å². The van der Waals surface area contributed by atoms with E-state index in [1.807, 2.05) is 0 Å². The summed E-state index contributed by atoms with van der Waals surface area (Å²) in [6.07, 6.45) is 4.72. The van der Waals surface area contributed by atoms with Crippen molar-refractivity contribution in [1.82, 2.24) is 19.7 Å². The molecule has 3 aromatic rings. The van der Waals surface area contributed by atoms with Gasteiger partial charge in [-0.15, -0.1) is 0 Å². The highest BCUT2D eigenvalue weighted by molar-refractivity contribution is 6.03.